The number of hydrogen-bond acceptors (Lipinski definition) is 6. The van der Waals surface area contributed by atoms with Crippen molar-refractivity contribution < 1.29 is 13.9 Å². The molecule has 8 heteroatoms. The van der Waals surface area contributed by atoms with E-state index in [2.05, 4.69) is 20.6 Å². The molecule has 2 aromatic carbocycles. The normalized spacial score (nSPS) is 10.7. The zero-order valence-electron chi connectivity index (χ0n) is 17.9. The Hall–Kier alpha value is -3.78. The molecule has 0 aliphatic rings. The Kier molecular flexibility index (Phi) is 6.13. The molecule has 0 aliphatic heterocycles. The first-order chi connectivity index (χ1) is 15.4. The molecule has 0 bridgehead atoms. The zero-order valence-corrected chi connectivity index (χ0v) is 18.7. The predicted octanol–water partition coefficient (Wildman–Crippen LogP) is 4.71. The molecule has 4 rings (SSSR count). The number of nitrogens with zero attached hydrogens (tertiary/aromatic N) is 2. The lowest BCUT2D eigenvalue weighted by Crippen LogP contribution is -2.37. The van der Waals surface area contributed by atoms with Crippen molar-refractivity contribution >= 4 is 40.2 Å². The molecule has 0 saturated carbocycles. The van der Waals surface area contributed by atoms with Crippen molar-refractivity contribution in [3.8, 4) is 17.2 Å². The molecule has 2 N–H and O–H groups in total. The van der Waals surface area contributed by atoms with Crippen molar-refractivity contribution in [2.75, 3.05) is 11.9 Å². The molecule has 2 heterocycles. The van der Waals surface area contributed by atoms with Gasteiger partial charge in [0.05, 0.1) is 0 Å². The van der Waals surface area contributed by atoms with Gasteiger partial charge in [0.15, 0.2) is 22.9 Å². The number of carbonyl (C=O) groups is 1. The summed E-state index contributed by atoms with van der Waals surface area (Å²) in [7, 11) is 0. The molecule has 4 aromatic rings. The monoisotopic (exact) mass is 446 g/mol. The SMILES string of the molecule is Cc1cc(-c2nc3ncccc3o2)ccc1NC(=S)NC(=O)COc1cccc(C)c1C. The number of amides is 1. The van der Waals surface area contributed by atoms with Crippen LogP contribution in [0.15, 0.2) is 59.1 Å². The summed E-state index contributed by atoms with van der Waals surface area (Å²) < 4.78 is 11.4. The summed E-state index contributed by atoms with van der Waals surface area (Å²) in [6.07, 6.45) is 1.68. The summed E-state index contributed by atoms with van der Waals surface area (Å²) >= 11 is 5.28. The Balaban J connectivity index is 1.36. The molecule has 0 unspecified atom stereocenters. The highest BCUT2D eigenvalue weighted by molar-refractivity contribution is 7.80. The predicted molar refractivity (Wildman–Crippen MR) is 128 cm³/mol. The summed E-state index contributed by atoms with van der Waals surface area (Å²) in [5, 5.41) is 5.88. The van der Waals surface area contributed by atoms with Gasteiger partial charge in [0.1, 0.15) is 5.75 Å². The van der Waals surface area contributed by atoms with Crippen LogP contribution in [0.1, 0.15) is 16.7 Å². The third-order valence-corrected chi connectivity index (χ3v) is 5.26. The Labute approximate surface area is 190 Å². The number of hydrogen-bond donors (Lipinski definition) is 2. The van der Waals surface area contributed by atoms with Gasteiger partial charge in [-0.15, -0.1) is 0 Å². The van der Waals surface area contributed by atoms with Crippen molar-refractivity contribution in [2.24, 2.45) is 0 Å². The molecule has 0 radical (unpaired) electrons. The molecule has 2 aromatic heterocycles. The maximum absolute atomic E-state index is 12.2. The Morgan fingerprint density at radius 1 is 1.09 bits per heavy atom. The first kappa shape index (κ1) is 21.5. The van der Waals surface area contributed by atoms with Crippen LogP contribution in [0.4, 0.5) is 5.69 Å². The van der Waals surface area contributed by atoms with Gasteiger partial charge < -0.3 is 14.5 Å². The van der Waals surface area contributed by atoms with E-state index in [0.717, 1.165) is 27.9 Å². The molecule has 0 spiro atoms. The van der Waals surface area contributed by atoms with Gasteiger partial charge in [-0.3, -0.25) is 10.1 Å². The lowest BCUT2D eigenvalue weighted by molar-refractivity contribution is -0.121. The van der Waals surface area contributed by atoms with Crippen LogP contribution in [0, 0.1) is 20.8 Å². The van der Waals surface area contributed by atoms with Crippen LogP contribution in [0.3, 0.4) is 0 Å². The fraction of sp³-hybridized carbons (Fsp3) is 0.167. The van der Waals surface area contributed by atoms with Crippen molar-refractivity contribution in [3.63, 3.8) is 0 Å². The second-order valence-corrected chi connectivity index (χ2v) is 7.77. The van der Waals surface area contributed by atoms with E-state index in [1.54, 1.807) is 12.3 Å². The lowest BCUT2D eigenvalue weighted by atomic mass is 10.1. The van der Waals surface area contributed by atoms with Gasteiger partial charge in [-0.05, 0) is 86.1 Å². The molecule has 1 amide bonds. The number of nitrogens with one attached hydrogen (secondary N) is 2. The number of rotatable bonds is 5. The number of carbonyl (C=O) groups excluding carboxylic acids is 1. The number of anilines is 1. The summed E-state index contributed by atoms with van der Waals surface area (Å²) in [4.78, 5) is 20.8. The summed E-state index contributed by atoms with van der Waals surface area (Å²) in [6, 6.07) is 15.0. The molecular formula is C24H22N4O3S. The molecule has 32 heavy (non-hydrogen) atoms. The van der Waals surface area contributed by atoms with Gasteiger partial charge in [0.25, 0.3) is 5.91 Å². The Morgan fingerprint density at radius 3 is 2.72 bits per heavy atom. The fourth-order valence-corrected chi connectivity index (χ4v) is 3.39. The minimum atomic E-state index is -0.336. The average molecular weight is 447 g/mol. The van der Waals surface area contributed by atoms with E-state index >= 15 is 0 Å². The van der Waals surface area contributed by atoms with E-state index in [4.69, 9.17) is 21.4 Å². The van der Waals surface area contributed by atoms with E-state index in [0.29, 0.717) is 22.9 Å². The van der Waals surface area contributed by atoms with Gasteiger partial charge >= 0.3 is 0 Å². The molecule has 0 atom stereocenters. The minimum Gasteiger partial charge on any atom is -0.483 e. The quantitative estimate of drug-likeness (QED) is 0.429. The van der Waals surface area contributed by atoms with E-state index in [9.17, 15) is 4.79 Å². The van der Waals surface area contributed by atoms with Crippen LogP contribution in [-0.4, -0.2) is 27.6 Å². The van der Waals surface area contributed by atoms with Crippen molar-refractivity contribution in [3.05, 3.63) is 71.4 Å². The molecule has 162 valence electrons. The van der Waals surface area contributed by atoms with Crippen LogP contribution in [-0.2, 0) is 4.79 Å². The summed E-state index contributed by atoms with van der Waals surface area (Å²) in [5.41, 5.74) is 5.82. The van der Waals surface area contributed by atoms with Crippen LogP contribution in [0.2, 0.25) is 0 Å². The standard InChI is InChI=1S/C24H22N4O3S/c1-14-6-4-7-19(16(14)3)30-13-21(29)27-24(32)26-18-10-9-17(12-15(18)2)23-28-22-20(31-23)8-5-11-25-22/h4-12H,13H2,1-3H3,(H2,26,27,29,32). The third-order valence-electron chi connectivity index (χ3n) is 5.05. The highest BCUT2D eigenvalue weighted by Gasteiger charge is 2.12. The van der Waals surface area contributed by atoms with E-state index in [1.807, 2.05) is 63.2 Å². The molecule has 0 saturated heterocycles. The second-order valence-electron chi connectivity index (χ2n) is 7.36. The number of aryl methyl sites for hydroxylation is 2. The highest BCUT2D eigenvalue weighted by Crippen LogP contribution is 2.27. The zero-order chi connectivity index (χ0) is 22.7. The number of oxazole rings is 1. The topological polar surface area (TPSA) is 89.3 Å². The highest BCUT2D eigenvalue weighted by atomic mass is 32.1. The number of benzene rings is 2. The Morgan fingerprint density at radius 2 is 1.94 bits per heavy atom. The van der Waals surface area contributed by atoms with E-state index in [-0.39, 0.29) is 17.6 Å². The molecule has 0 fully saturated rings. The fourth-order valence-electron chi connectivity index (χ4n) is 3.17. The van der Waals surface area contributed by atoms with Gasteiger partial charge in [-0.1, -0.05) is 12.1 Å². The van der Waals surface area contributed by atoms with Crippen LogP contribution in [0.5, 0.6) is 5.75 Å². The maximum Gasteiger partial charge on any atom is 0.264 e. The number of thiocarbonyl (C=S) groups is 1. The minimum absolute atomic E-state index is 0.129. The van der Waals surface area contributed by atoms with Crippen molar-refractivity contribution in [1.82, 2.24) is 15.3 Å². The Bertz CT molecular complexity index is 1280. The first-order valence-corrected chi connectivity index (χ1v) is 10.4. The maximum atomic E-state index is 12.2. The number of fused-ring (bicyclic) bond motifs is 1. The summed E-state index contributed by atoms with van der Waals surface area (Å²) in [6.45, 7) is 5.76. The van der Waals surface area contributed by atoms with Gasteiger partial charge in [0, 0.05) is 17.4 Å². The first-order valence-electron chi connectivity index (χ1n) is 10.0. The lowest BCUT2D eigenvalue weighted by Gasteiger charge is -2.13. The number of ether oxygens (including phenoxy) is 1. The van der Waals surface area contributed by atoms with Gasteiger partial charge in [0.2, 0.25) is 5.89 Å². The molecule has 0 aliphatic carbocycles. The van der Waals surface area contributed by atoms with Crippen LogP contribution in [0.25, 0.3) is 22.7 Å². The molecule has 7 nitrogen and oxygen atoms in total. The second kappa shape index (κ2) is 9.15. The van der Waals surface area contributed by atoms with Gasteiger partial charge in [-0.2, -0.15) is 4.98 Å². The average Bonchev–Trinajstić information content (AvgIpc) is 3.20. The number of pyridine rings is 1. The number of aromatic nitrogens is 2. The van der Waals surface area contributed by atoms with E-state index in [1.165, 1.54) is 0 Å². The van der Waals surface area contributed by atoms with Crippen molar-refractivity contribution in [1.29, 1.82) is 0 Å². The molecular weight excluding hydrogens is 424 g/mol. The van der Waals surface area contributed by atoms with Crippen LogP contribution < -0.4 is 15.4 Å². The third kappa shape index (κ3) is 4.76. The van der Waals surface area contributed by atoms with Crippen molar-refractivity contribution in [2.45, 2.75) is 20.8 Å². The smallest absolute Gasteiger partial charge is 0.264 e. The largest absolute Gasteiger partial charge is 0.483 e. The van der Waals surface area contributed by atoms with Gasteiger partial charge in [-0.25, -0.2) is 4.98 Å². The van der Waals surface area contributed by atoms with E-state index < -0.39 is 0 Å². The van der Waals surface area contributed by atoms with Crippen LogP contribution >= 0.6 is 12.2 Å². The summed E-state index contributed by atoms with van der Waals surface area (Å²) in [5.74, 6) is 0.837.